The van der Waals surface area contributed by atoms with E-state index < -0.39 is 15.9 Å². The Kier molecular flexibility index (Phi) is 5.80. The molecule has 2 aromatic rings. The van der Waals surface area contributed by atoms with Crippen LogP contribution in [0, 0.1) is 11.3 Å². The first kappa shape index (κ1) is 18.9. The predicted molar refractivity (Wildman–Crippen MR) is 96.0 cm³/mol. The van der Waals surface area contributed by atoms with E-state index >= 15 is 0 Å². The topological polar surface area (TPSA) is 90.3 Å². The highest BCUT2D eigenvalue weighted by Crippen LogP contribution is 2.25. The van der Waals surface area contributed by atoms with Crippen molar-refractivity contribution in [3.05, 3.63) is 58.6 Å². The fraction of sp³-hybridized carbons (Fsp3) is 0.176. The van der Waals surface area contributed by atoms with Crippen molar-refractivity contribution in [1.82, 2.24) is 4.31 Å². The number of benzene rings is 2. The Labute approximate surface area is 151 Å². The SMILES string of the molecule is CN(C)S(=O)(=O)c1cc(C(=O)Nc2ccc(CC#N)cc2)ccc1Cl. The van der Waals surface area contributed by atoms with Crippen molar-refractivity contribution in [3.63, 3.8) is 0 Å². The summed E-state index contributed by atoms with van der Waals surface area (Å²) in [5, 5.41) is 11.4. The second-order valence-electron chi connectivity index (χ2n) is 5.42. The van der Waals surface area contributed by atoms with Gasteiger partial charge in [0, 0.05) is 25.3 Å². The molecule has 0 spiro atoms. The van der Waals surface area contributed by atoms with Gasteiger partial charge in [0.2, 0.25) is 10.0 Å². The van der Waals surface area contributed by atoms with Crippen molar-refractivity contribution >= 4 is 33.2 Å². The molecule has 25 heavy (non-hydrogen) atoms. The lowest BCUT2D eigenvalue weighted by molar-refractivity contribution is 0.102. The van der Waals surface area contributed by atoms with Crippen molar-refractivity contribution in [2.24, 2.45) is 0 Å². The summed E-state index contributed by atoms with van der Waals surface area (Å²) in [7, 11) is -0.977. The number of nitrogens with one attached hydrogen (secondary N) is 1. The average Bonchev–Trinajstić information content (AvgIpc) is 2.57. The molecule has 8 heteroatoms. The summed E-state index contributed by atoms with van der Waals surface area (Å²) in [6.07, 6.45) is 0.289. The van der Waals surface area contributed by atoms with Crippen LogP contribution in [0.15, 0.2) is 47.4 Å². The fourth-order valence-corrected chi connectivity index (χ4v) is 3.43. The van der Waals surface area contributed by atoms with Gasteiger partial charge in [-0.15, -0.1) is 0 Å². The van der Waals surface area contributed by atoms with Crippen LogP contribution in [-0.2, 0) is 16.4 Å². The van der Waals surface area contributed by atoms with Crippen LogP contribution in [-0.4, -0.2) is 32.7 Å². The van der Waals surface area contributed by atoms with E-state index in [2.05, 4.69) is 5.32 Å². The molecule has 0 atom stereocenters. The molecule has 130 valence electrons. The maximum atomic E-state index is 12.4. The molecule has 6 nitrogen and oxygen atoms in total. The van der Waals surface area contributed by atoms with Crippen LogP contribution >= 0.6 is 11.6 Å². The van der Waals surface area contributed by atoms with E-state index in [4.69, 9.17) is 16.9 Å². The highest BCUT2D eigenvalue weighted by atomic mass is 35.5. The van der Waals surface area contributed by atoms with Gasteiger partial charge in [0.15, 0.2) is 0 Å². The number of rotatable bonds is 5. The highest BCUT2D eigenvalue weighted by molar-refractivity contribution is 7.89. The molecule has 0 unspecified atom stereocenters. The number of sulfonamides is 1. The number of nitrogens with zero attached hydrogens (tertiary/aromatic N) is 2. The third-order valence-electron chi connectivity index (χ3n) is 3.45. The largest absolute Gasteiger partial charge is 0.322 e. The number of carbonyl (C=O) groups is 1. The Morgan fingerprint density at radius 1 is 1.20 bits per heavy atom. The smallest absolute Gasteiger partial charge is 0.255 e. The van der Waals surface area contributed by atoms with Gasteiger partial charge < -0.3 is 5.32 Å². The molecule has 0 heterocycles. The molecule has 1 N–H and O–H groups in total. The van der Waals surface area contributed by atoms with Crippen molar-refractivity contribution < 1.29 is 13.2 Å². The van der Waals surface area contributed by atoms with Crippen LogP contribution in [0.1, 0.15) is 15.9 Å². The van der Waals surface area contributed by atoms with E-state index in [0.717, 1.165) is 9.87 Å². The van der Waals surface area contributed by atoms with Gasteiger partial charge in [-0.25, -0.2) is 12.7 Å². The minimum absolute atomic E-state index is 0.0473. The normalized spacial score (nSPS) is 11.2. The molecule has 2 aromatic carbocycles. The summed E-state index contributed by atoms with van der Waals surface area (Å²) < 4.78 is 25.6. The number of halogens is 1. The zero-order valence-electron chi connectivity index (χ0n) is 13.7. The van der Waals surface area contributed by atoms with Gasteiger partial charge in [-0.05, 0) is 35.9 Å². The Morgan fingerprint density at radius 3 is 2.40 bits per heavy atom. The lowest BCUT2D eigenvalue weighted by Crippen LogP contribution is -2.23. The third kappa shape index (κ3) is 4.37. The van der Waals surface area contributed by atoms with Gasteiger partial charge in [-0.3, -0.25) is 4.79 Å². The Morgan fingerprint density at radius 2 is 1.84 bits per heavy atom. The zero-order valence-corrected chi connectivity index (χ0v) is 15.2. The molecule has 0 aromatic heterocycles. The number of hydrogen-bond donors (Lipinski definition) is 1. The van der Waals surface area contributed by atoms with E-state index in [1.165, 1.54) is 32.3 Å². The summed E-state index contributed by atoms with van der Waals surface area (Å²) >= 11 is 5.97. The second-order valence-corrected chi connectivity index (χ2v) is 7.95. The number of anilines is 1. The molecule has 0 aliphatic carbocycles. The van der Waals surface area contributed by atoms with Crippen molar-refractivity contribution in [2.45, 2.75) is 11.3 Å². The number of amides is 1. The van der Waals surface area contributed by atoms with Crippen LogP contribution in [0.3, 0.4) is 0 Å². The minimum Gasteiger partial charge on any atom is -0.322 e. The van der Waals surface area contributed by atoms with E-state index in [1.54, 1.807) is 24.3 Å². The predicted octanol–water partition coefficient (Wildman–Crippen LogP) is 2.91. The van der Waals surface area contributed by atoms with Gasteiger partial charge in [-0.1, -0.05) is 23.7 Å². The number of carbonyl (C=O) groups excluding carboxylic acids is 1. The molecule has 0 aliphatic rings. The summed E-state index contributed by atoms with van der Waals surface area (Å²) in [5.41, 5.74) is 1.55. The van der Waals surface area contributed by atoms with Gasteiger partial charge >= 0.3 is 0 Å². The summed E-state index contributed by atoms with van der Waals surface area (Å²) in [6, 6.07) is 13.0. The van der Waals surface area contributed by atoms with Crippen LogP contribution in [0.5, 0.6) is 0 Å². The highest BCUT2D eigenvalue weighted by Gasteiger charge is 2.22. The van der Waals surface area contributed by atoms with Crippen LogP contribution < -0.4 is 5.32 Å². The maximum absolute atomic E-state index is 12.4. The molecule has 0 fully saturated rings. The Balaban J connectivity index is 2.27. The summed E-state index contributed by atoms with van der Waals surface area (Å²) in [4.78, 5) is 12.2. The van der Waals surface area contributed by atoms with Gasteiger partial charge in [0.05, 0.1) is 17.5 Å². The lowest BCUT2D eigenvalue weighted by atomic mass is 10.1. The van der Waals surface area contributed by atoms with E-state index in [0.29, 0.717) is 5.69 Å². The third-order valence-corrected chi connectivity index (χ3v) is 5.74. The first-order valence-corrected chi connectivity index (χ1v) is 9.07. The molecule has 2 rings (SSSR count). The molecule has 0 bridgehead atoms. The van der Waals surface area contributed by atoms with Gasteiger partial charge in [-0.2, -0.15) is 5.26 Å². The van der Waals surface area contributed by atoms with Gasteiger partial charge in [0.1, 0.15) is 4.90 Å². The molecule has 0 aliphatic heterocycles. The first-order chi connectivity index (χ1) is 11.8. The van der Waals surface area contributed by atoms with Crippen LogP contribution in [0.4, 0.5) is 5.69 Å². The standard InChI is InChI=1S/C17H16ClN3O3S/c1-21(2)25(23,24)16-11-13(5-8-15(16)18)17(22)20-14-6-3-12(4-7-14)9-10-19/h3-8,11H,9H2,1-2H3,(H,20,22). The van der Waals surface area contributed by atoms with Gasteiger partial charge in [0.25, 0.3) is 5.91 Å². The molecule has 0 radical (unpaired) electrons. The summed E-state index contributed by atoms with van der Waals surface area (Å²) in [5.74, 6) is -0.458. The Bertz CT molecular complexity index is 933. The van der Waals surface area contributed by atoms with Crippen molar-refractivity contribution in [1.29, 1.82) is 5.26 Å². The number of hydrogen-bond acceptors (Lipinski definition) is 4. The van der Waals surface area contributed by atoms with E-state index in [9.17, 15) is 13.2 Å². The van der Waals surface area contributed by atoms with E-state index in [-0.39, 0.29) is 21.9 Å². The van der Waals surface area contributed by atoms with Crippen LogP contribution in [0.2, 0.25) is 5.02 Å². The van der Waals surface area contributed by atoms with Crippen LogP contribution in [0.25, 0.3) is 0 Å². The lowest BCUT2D eigenvalue weighted by Gasteiger charge is -2.14. The molecule has 0 saturated heterocycles. The average molecular weight is 378 g/mol. The van der Waals surface area contributed by atoms with E-state index in [1.807, 2.05) is 6.07 Å². The fourth-order valence-electron chi connectivity index (χ4n) is 2.04. The second kappa shape index (κ2) is 7.66. The zero-order chi connectivity index (χ0) is 18.6. The quantitative estimate of drug-likeness (QED) is 0.867. The first-order valence-electron chi connectivity index (χ1n) is 7.25. The van der Waals surface area contributed by atoms with Crippen molar-refractivity contribution in [3.8, 4) is 6.07 Å². The monoisotopic (exact) mass is 377 g/mol. The minimum atomic E-state index is -3.76. The molecule has 1 amide bonds. The molecule has 0 saturated carbocycles. The number of nitriles is 1. The Hall–Kier alpha value is -2.40. The van der Waals surface area contributed by atoms with Crippen molar-refractivity contribution in [2.75, 3.05) is 19.4 Å². The molecular weight excluding hydrogens is 362 g/mol. The summed E-state index contributed by atoms with van der Waals surface area (Å²) in [6.45, 7) is 0. The molecular formula is C17H16ClN3O3S. The maximum Gasteiger partial charge on any atom is 0.255 e.